The highest BCUT2D eigenvalue weighted by atomic mass is 19.1. The average molecular weight is 297 g/mol. The van der Waals surface area contributed by atoms with Gasteiger partial charge in [-0.3, -0.25) is 0 Å². The van der Waals surface area contributed by atoms with Gasteiger partial charge >= 0.3 is 0 Å². The van der Waals surface area contributed by atoms with Crippen molar-refractivity contribution in [3.8, 4) is 0 Å². The molecular weight excluding hydrogens is 277 g/mol. The lowest BCUT2D eigenvalue weighted by atomic mass is 10.1. The number of nitrogens with one attached hydrogen (secondary N) is 2. The standard InChI is InChI=1S/C18H20FN3/c1-2-13-7-8-16-17(11-13)22-18(21-16)9-10-20-12-14-5-3-4-6-15(14)19/h3-8,11,20H,2,9-10,12H2,1H3,(H,21,22). The average Bonchev–Trinajstić information content (AvgIpc) is 2.94. The Balaban J connectivity index is 1.56. The molecular formula is C18H20FN3. The smallest absolute Gasteiger partial charge is 0.127 e. The Morgan fingerprint density at radius 1 is 1.18 bits per heavy atom. The maximum atomic E-state index is 13.5. The minimum atomic E-state index is -0.161. The van der Waals surface area contributed by atoms with Gasteiger partial charge in [-0.05, 0) is 30.2 Å². The highest BCUT2D eigenvalue weighted by Crippen LogP contribution is 2.14. The number of hydrogen-bond donors (Lipinski definition) is 2. The number of aryl methyl sites for hydroxylation is 1. The van der Waals surface area contributed by atoms with E-state index in [9.17, 15) is 4.39 Å². The van der Waals surface area contributed by atoms with Crippen molar-refractivity contribution >= 4 is 11.0 Å². The van der Waals surface area contributed by atoms with E-state index in [4.69, 9.17) is 0 Å². The minimum absolute atomic E-state index is 0.161. The molecule has 0 aliphatic carbocycles. The van der Waals surface area contributed by atoms with Crippen LogP contribution in [0, 0.1) is 5.82 Å². The molecule has 0 aliphatic heterocycles. The first kappa shape index (κ1) is 14.7. The van der Waals surface area contributed by atoms with E-state index in [0.717, 1.165) is 36.2 Å². The van der Waals surface area contributed by atoms with E-state index < -0.39 is 0 Å². The number of rotatable bonds is 6. The van der Waals surface area contributed by atoms with Crippen LogP contribution in [0.4, 0.5) is 4.39 Å². The van der Waals surface area contributed by atoms with E-state index in [2.05, 4.69) is 40.4 Å². The fraction of sp³-hybridized carbons (Fsp3) is 0.278. The fourth-order valence-corrected chi connectivity index (χ4v) is 2.52. The summed E-state index contributed by atoms with van der Waals surface area (Å²) in [4.78, 5) is 7.94. The zero-order chi connectivity index (χ0) is 15.4. The number of hydrogen-bond acceptors (Lipinski definition) is 2. The van der Waals surface area contributed by atoms with Gasteiger partial charge < -0.3 is 10.3 Å². The van der Waals surface area contributed by atoms with Crippen LogP contribution in [0.3, 0.4) is 0 Å². The van der Waals surface area contributed by atoms with Gasteiger partial charge in [0, 0.05) is 25.1 Å². The van der Waals surface area contributed by atoms with Crippen LogP contribution in [0.25, 0.3) is 11.0 Å². The molecule has 0 atom stereocenters. The summed E-state index contributed by atoms with van der Waals surface area (Å²) >= 11 is 0. The van der Waals surface area contributed by atoms with E-state index >= 15 is 0 Å². The monoisotopic (exact) mass is 297 g/mol. The Kier molecular flexibility index (Phi) is 4.49. The Labute approximate surface area is 129 Å². The highest BCUT2D eigenvalue weighted by Gasteiger charge is 2.04. The van der Waals surface area contributed by atoms with Gasteiger partial charge in [0.2, 0.25) is 0 Å². The molecule has 3 rings (SSSR count). The van der Waals surface area contributed by atoms with Crippen molar-refractivity contribution in [3.05, 3.63) is 65.2 Å². The van der Waals surface area contributed by atoms with E-state index in [0.29, 0.717) is 12.1 Å². The molecule has 2 N–H and O–H groups in total. The van der Waals surface area contributed by atoms with E-state index in [1.165, 1.54) is 11.6 Å². The first-order chi connectivity index (χ1) is 10.8. The summed E-state index contributed by atoms with van der Waals surface area (Å²) in [6.07, 6.45) is 1.82. The maximum Gasteiger partial charge on any atom is 0.127 e. The molecule has 0 amide bonds. The molecule has 1 aromatic heterocycles. The Hall–Kier alpha value is -2.20. The van der Waals surface area contributed by atoms with Crippen LogP contribution in [-0.4, -0.2) is 16.5 Å². The lowest BCUT2D eigenvalue weighted by Crippen LogP contribution is -2.17. The number of halogens is 1. The zero-order valence-electron chi connectivity index (χ0n) is 12.7. The predicted octanol–water partition coefficient (Wildman–Crippen LogP) is 3.60. The Morgan fingerprint density at radius 2 is 2.05 bits per heavy atom. The highest BCUT2D eigenvalue weighted by molar-refractivity contribution is 5.75. The summed E-state index contributed by atoms with van der Waals surface area (Å²) < 4.78 is 13.5. The summed E-state index contributed by atoms with van der Waals surface area (Å²) in [5.41, 5.74) is 4.09. The summed E-state index contributed by atoms with van der Waals surface area (Å²) in [7, 11) is 0. The van der Waals surface area contributed by atoms with Crippen molar-refractivity contribution in [2.75, 3.05) is 6.54 Å². The van der Waals surface area contributed by atoms with Crippen LogP contribution < -0.4 is 5.32 Å². The molecule has 0 fully saturated rings. The van der Waals surface area contributed by atoms with Crippen molar-refractivity contribution < 1.29 is 4.39 Å². The van der Waals surface area contributed by atoms with Crippen LogP contribution in [0.15, 0.2) is 42.5 Å². The number of fused-ring (bicyclic) bond motifs is 1. The maximum absolute atomic E-state index is 13.5. The molecule has 0 saturated carbocycles. The minimum Gasteiger partial charge on any atom is -0.342 e. The van der Waals surface area contributed by atoms with Crippen molar-refractivity contribution in [3.63, 3.8) is 0 Å². The first-order valence-corrected chi connectivity index (χ1v) is 7.68. The van der Waals surface area contributed by atoms with Gasteiger partial charge in [0.05, 0.1) is 11.0 Å². The Bertz CT molecular complexity index is 764. The third-order valence-electron chi connectivity index (χ3n) is 3.82. The molecule has 0 spiro atoms. The van der Waals surface area contributed by atoms with Gasteiger partial charge in [0.25, 0.3) is 0 Å². The van der Waals surface area contributed by atoms with Crippen LogP contribution in [0.1, 0.15) is 23.9 Å². The van der Waals surface area contributed by atoms with Gasteiger partial charge in [-0.25, -0.2) is 9.37 Å². The van der Waals surface area contributed by atoms with Crippen LogP contribution in [0.5, 0.6) is 0 Å². The molecule has 3 nitrogen and oxygen atoms in total. The third kappa shape index (κ3) is 3.34. The molecule has 0 unspecified atom stereocenters. The van der Waals surface area contributed by atoms with Crippen LogP contribution in [-0.2, 0) is 19.4 Å². The van der Waals surface area contributed by atoms with Gasteiger partial charge in [-0.1, -0.05) is 31.2 Å². The molecule has 22 heavy (non-hydrogen) atoms. The number of imidazole rings is 1. The second kappa shape index (κ2) is 6.71. The SMILES string of the molecule is CCc1ccc2nc(CCNCc3ccccc3F)[nH]c2c1. The summed E-state index contributed by atoms with van der Waals surface area (Å²) in [5.74, 6) is 0.801. The normalized spacial score (nSPS) is 11.2. The van der Waals surface area contributed by atoms with Gasteiger partial charge in [0.1, 0.15) is 11.6 Å². The Morgan fingerprint density at radius 3 is 2.86 bits per heavy atom. The lowest BCUT2D eigenvalue weighted by Gasteiger charge is -2.04. The lowest BCUT2D eigenvalue weighted by molar-refractivity contribution is 0.587. The topological polar surface area (TPSA) is 40.7 Å². The second-order valence-corrected chi connectivity index (χ2v) is 5.41. The molecule has 4 heteroatoms. The zero-order valence-corrected chi connectivity index (χ0v) is 12.7. The first-order valence-electron chi connectivity index (χ1n) is 7.68. The summed E-state index contributed by atoms with van der Waals surface area (Å²) in [6, 6.07) is 13.2. The number of nitrogens with zero attached hydrogens (tertiary/aromatic N) is 1. The number of aromatic amines is 1. The fourth-order valence-electron chi connectivity index (χ4n) is 2.52. The molecule has 3 aromatic rings. The number of H-pyrrole nitrogens is 1. The quantitative estimate of drug-likeness (QED) is 0.683. The number of benzene rings is 2. The molecule has 0 aliphatic rings. The summed E-state index contributed by atoms with van der Waals surface area (Å²) in [5, 5.41) is 3.26. The van der Waals surface area contributed by atoms with Gasteiger partial charge in [0.15, 0.2) is 0 Å². The van der Waals surface area contributed by atoms with E-state index in [1.807, 2.05) is 6.07 Å². The van der Waals surface area contributed by atoms with Crippen molar-refractivity contribution in [1.82, 2.24) is 15.3 Å². The molecule has 114 valence electrons. The molecule has 0 radical (unpaired) electrons. The van der Waals surface area contributed by atoms with E-state index in [1.54, 1.807) is 12.1 Å². The van der Waals surface area contributed by atoms with E-state index in [-0.39, 0.29) is 5.82 Å². The molecule has 0 saturated heterocycles. The molecule has 2 aromatic carbocycles. The van der Waals surface area contributed by atoms with Gasteiger partial charge in [-0.2, -0.15) is 0 Å². The largest absolute Gasteiger partial charge is 0.342 e. The van der Waals surface area contributed by atoms with Crippen LogP contribution in [0.2, 0.25) is 0 Å². The number of aromatic nitrogens is 2. The van der Waals surface area contributed by atoms with Crippen LogP contribution >= 0.6 is 0 Å². The van der Waals surface area contributed by atoms with Crippen molar-refractivity contribution in [2.24, 2.45) is 0 Å². The van der Waals surface area contributed by atoms with Crippen molar-refractivity contribution in [1.29, 1.82) is 0 Å². The summed E-state index contributed by atoms with van der Waals surface area (Å²) in [6.45, 7) is 3.44. The van der Waals surface area contributed by atoms with Gasteiger partial charge in [-0.15, -0.1) is 0 Å². The predicted molar refractivity (Wildman–Crippen MR) is 87.3 cm³/mol. The van der Waals surface area contributed by atoms with Crippen molar-refractivity contribution in [2.45, 2.75) is 26.3 Å². The molecule has 1 heterocycles. The molecule has 0 bridgehead atoms. The third-order valence-corrected chi connectivity index (χ3v) is 3.82. The second-order valence-electron chi connectivity index (χ2n) is 5.41.